The molecule has 0 bridgehead atoms. The molecule has 2 aromatic rings. The third kappa shape index (κ3) is 2.94. The van der Waals surface area contributed by atoms with Crippen molar-refractivity contribution in [3.05, 3.63) is 53.6 Å². The zero-order valence-electron chi connectivity index (χ0n) is 11.7. The number of carbonyl (C=O) groups is 1. The van der Waals surface area contributed by atoms with Gasteiger partial charge in [0.1, 0.15) is 0 Å². The Morgan fingerprint density at radius 2 is 1.90 bits per heavy atom. The van der Waals surface area contributed by atoms with Gasteiger partial charge in [-0.05, 0) is 48.0 Å². The van der Waals surface area contributed by atoms with Crippen LogP contribution in [-0.4, -0.2) is 18.8 Å². The summed E-state index contributed by atoms with van der Waals surface area (Å²) in [6.45, 7) is 2.12. The van der Waals surface area contributed by atoms with Gasteiger partial charge in [-0.25, -0.2) is 0 Å². The highest BCUT2D eigenvalue weighted by Gasteiger charge is 2.12. The Labute approximate surface area is 123 Å². The Balaban J connectivity index is 1.75. The van der Waals surface area contributed by atoms with Crippen LogP contribution in [0.3, 0.4) is 0 Å². The largest absolute Gasteiger partial charge is 0.454 e. The molecule has 0 spiro atoms. The average molecular weight is 281 g/mol. The van der Waals surface area contributed by atoms with Crippen LogP contribution in [0.4, 0.5) is 5.69 Å². The Morgan fingerprint density at radius 1 is 1.14 bits per heavy atom. The van der Waals surface area contributed by atoms with Crippen LogP contribution >= 0.6 is 0 Å². The molecule has 3 rings (SSSR count). The van der Waals surface area contributed by atoms with Crippen molar-refractivity contribution in [3.8, 4) is 11.5 Å². The fourth-order valence-corrected chi connectivity index (χ4v) is 2.08. The molecule has 0 atom stereocenters. The molecule has 106 valence electrons. The number of Topliss-reactive ketones (excluding diaryl/α,β-unsaturated/α-hetero) is 1. The zero-order chi connectivity index (χ0) is 14.7. The number of carbonyl (C=O) groups excluding carboxylic acids is 1. The maximum absolute atomic E-state index is 11.5. The van der Waals surface area contributed by atoms with Crippen LogP contribution < -0.4 is 9.47 Å². The average Bonchev–Trinajstić information content (AvgIpc) is 3.00. The van der Waals surface area contributed by atoms with Crippen molar-refractivity contribution in [1.82, 2.24) is 0 Å². The normalized spacial score (nSPS) is 12.8. The lowest BCUT2D eigenvalue weighted by Gasteiger charge is -1.99. The number of benzene rings is 2. The van der Waals surface area contributed by atoms with Gasteiger partial charge in [0.05, 0.1) is 5.69 Å². The second kappa shape index (κ2) is 5.79. The minimum atomic E-state index is 0.140. The Bertz CT molecular complexity index is 690. The number of ether oxygens (including phenoxy) is 2. The Hall–Kier alpha value is -2.62. The molecular formula is C17H15NO3. The lowest BCUT2D eigenvalue weighted by molar-refractivity contribution is 0.0988. The molecule has 21 heavy (non-hydrogen) atoms. The third-order valence-corrected chi connectivity index (χ3v) is 3.27. The SMILES string of the molecule is CCC(=O)c1ccc(N=Cc2ccc3c(c2)OCO3)cc1. The van der Waals surface area contributed by atoms with E-state index in [2.05, 4.69) is 4.99 Å². The smallest absolute Gasteiger partial charge is 0.231 e. The van der Waals surface area contributed by atoms with Gasteiger partial charge in [-0.3, -0.25) is 9.79 Å². The summed E-state index contributed by atoms with van der Waals surface area (Å²) in [7, 11) is 0. The molecule has 0 unspecified atom stereocenters. The number of ketones is 1. The van der Waals surface area contributed by atoms with Gasteiger partial charge in [0.25, 0.3) is 0 Å². The first-order valence-electron chi connectivity index (χ1n) is 6.83. The van der Waals surface area contributed by atoms with Crippen LogP contribution in [0.25, 0.3) is 0 Å². The van der Waals surface area contributed by atoms with Gasteiger partial charge in [-0.2, -0.15) is 0 Å². The van der Waals surface area contributed by atoms with Gasteiger partial charge in [0, 0.05) is 18.2 Å². The van der Waals surface area contributed by atoms with Crippen molar-refractivity contribution in [2.75, 3.05) is 6.79 Å². The van der Waals surface area contributed by atoms with Crippen LogP contribution in [0.5, 0.6) is 11.5 Å². The standard InChI is InChI=1S/C17H15NO3/c1-2-15(19)13-4-6-14(7-5-13)18-10-12-3-8-16-17(9-12)21-11-20-16/h3-10H,2,11H2,1H3. The number of hydrogen-bond acceptors (Lipinski definition) is 4. The summed E-state index contributed by atoms with van der Waals surface area (Å²) in [6, 6.07) is 13.0. The highest BCUT2D eigenvalue weighted by Crippen LogP contribution is 2.32. The van der Waals surface area contributed by atoms with E-state index in [-0.39, 0.29) is 12.6 Å². The van der Waals surface area contributed by atoms with E-state index in [9.17, 15) is 4.79 Å². The first kappa shape index (κ1) is 13.4. The number of aliphatic imine (C=N–C) groups is 1. The highest BCUT2D eigenvalue weighted by molar-refractivity contribution is 5.96. The Kier molecular flexibility index (Phi) is 3.69. The second-order valence-electron chi connectivity index (χ2n) is 4.69. The van der Waals surface area contributed by atoms with E-state index in [0.717, 1.165) is 28.3 Å². The van der Waals surface area contributed by atoms with Gasteiger partial charge in [-0.1, -0.05) is 6.92 Å². The molecular weight excluding hydrogens is 266 g/mol. The van der Waals surface area contributed by atoms with E-state index in [1.54, 1.807) is 18.3 Å². The number of hydrogen-bond donors (Lipinski definition) is 0. The molecule has 1 aliphatic rings. The predicted molar refractivity (Wildman–Crippen MR) is 80.9 cm³/mol. The molecule has 1 heterocycles. The van der Waals surface area contributed by atoms with Crippen LogP contribution in [0.15, 0.2) is 47.5 Å². The first-order valence-corrected chi connectivity index (χ1v) is 6.83. The summed E-state index contributed by atoms with van der Waals surface area (Å²) in [4.78, 5) is 15.9. The minimum absolute atomic E-state index is 0.140. The lowest BCUT2D eigenvalue weighted by Crippen LogP contribution is -1.94. The molecule has 0 aliphatic carbocycles. The van der Waals surface area contributed by atoms with Crippen molar-refractivity contribution in [3.63, 3.8) is 0 Å². The Morgan fingerprint density at radius 3 is 2.67 bits per heavy atom. The van der Waals surface area contributed by atoms with Gasteiger partial charge in [-0.15, -0.1) is 0 Å². The van der Waals surface area contributed by atoms with E-state index in [4.69, 9.17) is 9.47 Å². The molecule has 4 heteroatoms. The van der Waals surface area contributed by atoms with Crippen molar-refractivity contribution < 1.29 is 14.3 Å². The molecule has 4 nitrogen and oxygen atoms in total. The third-order valence-electron chi connectivity index (χ3n) is 3.27. The van der Waals surface area contributed by atoms with Crippen LogP contribution in [0.2, 0.25) is 0 Å². The fourth-order valence-electron chi connectivity index (χ4n) is 2.08. The summed E-state index contributed by atoms with van der Waals surface area (Å²) in [5.74, 6) is 1.64. The van der Waals surface area contributed by atoms with Crippen LogP contribution in [-0.2, 0) is 0 Å². The van der Waals surface area contributed by atoms with E-state index >= 15 is 0 Å². The summed E-state index contributed by atoms with van der Waals surface area (Å²) in [5, 5.41) is 0. The second-order valence-corrected chi connectivity index (χ2v) is 4.69. The molecule has 0 amide bonds. The molecule has 1 aliphatic heterocycles. The molecule has 0 radical (unpaired) electrons. The molecule has 0 fully saturated rings. The highest BCUT2D eigenvalue weighted by atomic mass is 16.7. The van der Waals surface area contributed by atoms with Crippen LogP contribution in [0, 0.1) is 0 Å². The molecule has 0 saturated carbocycles. The number of fused-ring (bicyclic) bond motifs is 1. The van der Waals surface area contributed by atoms with Crippen molar-refractivity contribution >= 4 is 17.7 Å². The molecule has 0 saturated heterocycles. The van der Waals surface area contributed by atoms with E-state index in [1.807, 2.05) is 37.3 Å². The maximum Gasteiger partial charge on any atom is 0.231 e. The number of nitrogens with zero attached hydrogens (tertiary/aromatic N) is 1. The van der Waals surface area contributed by atoms with Gasteiger partial charge < -0.3 is 9.47 Å². The topological polar surface area (TPSA) is 47.9 Å². The monoisotopic (exact) mass is 281 g/mol. The first-order chi connectivity index (χ1) is 10.3. The number of rotatable bonds is 4. The van der Waals surface area contributed by atoms with Crippen LogP contribution in [0.1, 0.15) is 29.3 Å². The van der Waals surface area contributed by atoms with Crippen molar-refractivity contribution in [2.45, 2.75) is 13.3 Å². The quantitative estimate of drug-likeness (QED) is 0.633. The van der Waals surface area contributed by atoms with Gasteiger partial charge in [0.2, 0.25) is 6.79 Å². The fraction of sp³-hybridized carbons (Fsp3) is 0.176. The van der Waals surface area contributed by atoms with E-state index < -0.39 is 0 Å². The lowest BCUT2D eigenvalue weighted by atomic mass is 10.1. The summed E-state index contributed by atoms with van der Waals surface area (Å²) < 4.78 is 10.6. The maximum atomic E-state index is 11.5. The molecule has 2 aromatic carbocycles. The van der Waals surface area contributed by atoms with Crippen molar-refractivity contribution in [2.24, 2.45) is 4.99 Å². The van der Waals surface area contributed by atoms with E-state index in [1.165, 1.54) is 0 Å². The predicted octanol–water partition coefficient (Wildman–Crippen LogP) is 3.76. The summed E-state index contributed by atoms with van der Waals surface area (Å²) >= 11 is 0. The van der Waals surface area contributed by atoms with Crippen molar-refractivity contribution in [1.29, 1.82) is 0 Å². The van der Waals surface area contributed by atoms with Gasteiger partial charge in [0.15, 0.2) is 17.3 Å². The molecule has 0 N–H and O–H groups in total. The van der Waals surface area contributed by atoms with Gasteiger partial charge >= 0.3 is 0 Å². The molecule has 0 aromatic heterocycles. The minimum Gasteiger partial charge on any atom is -0.454 e. The van der Waals surface area contributed by atoms with E-state index in [0.29, 0.717) is 6.42 Å². The summed E-state index contributed by atoms with van der Waals surface area (Å²) in [6.07, 6.45) is 2.28. The zero-order valence-corrected chi connectivity index (χ0v) is 11.7. The summed E-state index contributed by atoms with van der Waals surface area (Å²) in [5.41, 5.74) is 2.47.